The van der Waals surface area contributed by atoms with Crippen LogP contribution in [0, 0.1) is 5.41 Å². The van der Waals surface area contributed by atoms with Crippen molar-refractivity contribution in [3.63, 3.8) is 0 Å². The predicted molar refractivity (Wildman–Crippen MR) is 42.3 cm³/mol. The van der Waals surface area contributed by atoms with E-state index in [2.05, 4.69) is 6.92 Å². The summed E-state index contributed by atoms with van der Waals surface area (Å²) in [7, 11) is 0. The van der Waals surface area contributed by atoms with Crippen LogP contribution in [0.25, 0.3) is 0 Å². The third kappa shape index (κ3) is 1.57. The van der Waals surface area contributed by atoms with E-state index in [-0.39, 0.29) is 5.60 Å². The van der Waals surface area contributed by atoms with E-state index in [1.807, 2.05) is 0 Å². The van der Waals surface area contributed by atoms with Crippen molar-refractivity contribution >= 4 is 0 Å². The van der Waals surface area contributed by atoms with Crippen LogP contribution in [0.3, 0.4) is 0 Å². The molecule has 11 heavy (non-hydrogen) atoms. The van der Waals surface area contributed by atoms with Crippen molar-refractivity contribution in [2.45, 2.75) is 38.2 Å². The zero-order chi connectivity index (χ0) is 7.95. The molecule has 0 aromatic heterocycles. The number of hydrogen-bond donors (Lipinski definition) is 1. The third-order valence-corrected chi connectivity index (χ3v) is 2.92. The molecule has 0 atom stereocenters. The Bertz CT molecular complexity index is 157. The zero-order valence-electron chi connectivity index (χ0n) is 7.10. The molecule has 2 heteroatoms. The van der Waals surface area contributed by atoms with Crippen LogP contribution in [0.2, 0.25) is 0 Å². The second-order valence-corrected chi connectivity index (χ2v) is 4.53. The van der Waals surface area contributed by atoms with Gasteiger partial charge in [0, 0.05) is 5.41 Å². The fourth-order valence-corrected chi connectivity index (χ4v) is 1.52. The second kappa shape index (κ2) is 2.20. The Morgan fingerprint density at radius 2 is 1.91 bits per heavy atom. The number of aliphatic hydroxyl groups is 1. The van der Waals surface area contributed by atoms with Crippen LogP contribution in [0.4, 0.5) is 0 Å². The molecule has 0 amide bonds. The maximum Gasteiger partial charge on any atom is 0.0650 e. The first kappa shape index (κ1) is 7.56. The summed E-state index contributed by atoms with van der Waals surface area (Å²) in [6.45, 7) is 4.02. The monoisotopic (exact) mass is 156 g/mol. The molecule has 0 radical (unpaired) electrons. The maximum absolute atomic E-state index is 9.57. The van der Waals surface area contributed by atoms with Gasteiger partial charge in [-0.1, -0.05) is 6.92 Å². The molecule has 1 N–H and O–H groups in total. The molecule has 1 aliphatic carbocycles. The van der Waals surface area contributed by atoms with Crippen LogP contribution >= 0.6 is 0 Å². The minimum absolute atomic E-state index is 0.265. The van der Waals surface area contributed by atoms with Gasteiger partial charge in [0.25, 0.3) is 0 Å². The Balaban J connectivity index is 1.73. The Labute approximate surface area is 67.6 Å². The van der Waals surface area contributed by atoms with Crippen LogP contribution in [0.5, 0.6) is 0 Å². The molecule has 64 valence electrons. The summed E-state index contributed by atoms with van der Waals surface area (Å²) in [5, 5.41) is 9.57. The van der Waals surface area contributed by atoms with E-state index in [1.165, 1.54) is 0 Å². The first-order chi connectivity index (χ1) is 5.12. The van der Waals surface area contributed by atoms with Gasteiger partial charge in [0.05, 0.1) is 18.8 Å². The molecule has 1 aliphatic heterocycles. The van der Waals surface area contributed by atoms with Gasteiger partial charge in [-0.3, -0.25) is 0 Å². The largest absolute Gasteiger partial charge is 0.390 e. The summed E-state index contributed by atoms with van der Waals surface area (Å²) in [6, 6.07) is 0. The first-order valence-electron chi connectivity index (χ1n) is 4.42. The van der Waals surface area contributed by atoms with Crippen molar-refractivity contribution < 1.29 is 9.84 Å². The molecule has 0 aromatic carbocycles. The van der Waals surface area contributed by atoms with Gasteiger partial charge in [0.2, 0.25) is 0 Å². The van der Waals surface area contributed by atoms with Gasteiger partial charge in [-0.15, -0.1) is 0 Å². The van der Waals surface area contributed by atoms with Crippen molar-refractivity contribution in [1.29, 1.82) is 0 Å². The van der Waals surface area contributed by atoms with E-state index in [4.69, 9.17) is 4.74 Å². The fraction of sp³-hybridized carbons (Fsp3) is 1.00. The summed E-state index contributed by atoms with van der Waals surface area (Å²) in [6.07, 6.45) is 4.14. The highest BCUT2D eigenvalue weighted by molar-refractivity contribution is 4.95. The fourth-order valence-electron chi connectivity index (χ4n) is 1.52. The zero-order valence-corrected chi connectivity index (χ0v) is 7.10. The van der Waals surface area contributed by atoms with Gasteiger partial charge in [-0.25, -0.2) is 0 Å². The minimum Gasteiger partial charge on any atom is -0.390 e. The van der Waals surface area contributed by atoms with Gasteiger partial charge < -0.3 is 9.84 Å². The molecule has 2 rings (SSSR count). The highest BCUT2D eigenvalue weighted by Crippen LogP contribution is 2.43. The summed E-state index contributed by atoms with van der Waals surface area (Å²) in [4.78, 5) is 0. The van der Waals surface area contributed by atoms with Gasteiger partial charge in [0.1, 0.15) is 0 Å². The quantitative estimate of drug-likeness (QED) is 0.668. The standard InChI is InChI=1S/C9H16O2/c1-8(6-11-7-8)2-3-9(10)4-5-9/h10H,2-7H2,1H3. The predicted octanol–water partition coefficient (Wildman–Crippen LogP) is 1.33. The summed E-state index contributed by atoms with van der Waals surface area (Å²) >= 11 is 0. The summed E-state index contributed by atoms with van der Waals surface area (Å²) in [5.41, 5.74) is 0.122. The smallest absolute Gasteiger partial charge is 0.0650 e. The Morgan fingerprint density at radius 1 is 1.27 bits per heavy atom. The van der Waals surface area contributed by atoms with Crippen molar-refractivity contribution in [2.24, 2.45) is 5.41 Å². The normalized spacial score (nSPS) is 31.1. The van der Waals surface area contributed by atoms with E-state index < -0.39 is 0 Å². The SMILES string of the molecule is CC1(CCC2(O)CC2)COC1. The van der Waals surface area contributed by atoms with E-state index in [0.29, 0.717) is 5.41 Å². The molecule has 0 aromatic rings. The molecule has 1 heterocycles. The lowest BCUT2D eigenvalue weighted by Gasteiger charge is -2.38. The van der Waals surface area contributed by atoms with Crippen LogP contribution < -0.4 is 0 Å². The van der Waals surface area contributed by atoms with Crippen molar-refractivity contribution in [3.8, 4) is 0 Å². The summed E-state index contributed by atoms with van der Waals surface area (Å²) in [5.74, 6) is 0. The molecule has 2 fully saturated rings. The van der Waals surface area contributed by atoms with Gasteiger partial charge in [0.15, 0.2) is 0 Å². The molecule has 0 unspecified atom stereocenters. The van der Waals surface area contributed by atoms with Gasteiger partial charge in [-0.2, -0.15) is 0 Å². The molecule has 1 saturated heterocycles. The highest BCUT2D eigenvalue weighted by Gasteiger charge is 2.43. The Morgan fingerprint density at radius 3 is 2.27 bits per heavy atom. The molecule has 0 bridgehead atoms. The molecule has 1 saturated carbocycles. The van der Waals surface area contributed by atoms with Crippen molar-refractivity contribution in [2.75, 3.05) is 13.2 Å². The molecule has 0 spiro atoms. The highest BCUT2D eigenvalue weighted by atomic mass is 16.5. The molecular formula is C9H16O2. The van der Waals surface area contributed by atoms with Crippen LogP contribution in [-0.2, 0) is 4.74 Å². The van der Waals surface area contributed by atoms with Gasteiger partial charge in [-0.05, 0) is 25.7 Å². The number of hydrogen-bond acceptors (Lipinski definition) is 2. The van der Waals surface area contributed by atoms with E-state index in [1.54, 1.807) is 0 Å². The Kier molecular flexibility index (Phi) is 1.52. The number of rotatable bonds is 3. The average molecular weight is 156 g/mol. The van der Waals surface area contributed by atoms with Crippen molar-refractivity contribution in [3.05, 3.63) is 0 Å². The van der Waals surface area contributed by atoms with E-state index in [9.17, 15) is 5.11 Å². The number of ether oxygens (including phenoxy) is 1. The Hall–Kier alpha value is -0.0800. The van der Waals surface area contributed by atoms with Crippen LogP contribution in [0.1, 0.15) is 32.6 Å². The van der Waals surface area contributed by atoms with Crippen LogP contribution in [0.15, 0.2) is 0 Å². The third-order valence-electron chi connectivity index (χ3n) is 2.92. The molecule has 2 nitrogen and oxygen atoms in total. The lowest BCUT2D eigenvalue weighted by molar-refractivity contribution is -0.111. The average Bonchev–Trinajstić information content (AvgIpc) is 2.61. The van der Waals surface area contributed by atoms with E-state index >= 15 is 0 Å². The molecular weight excluding hydrogens is 140 g/mol. The van der Waals surface area contributed by atoms with Crippen molar-refractivity contribution in [1.82, 2.24) is 0 Å². The minimum atomic E-state index is -0.265. The molecule has 2 aliphatic rings. The first-order valence-corrected chi connectivity index (χ1v) is 4.42. The second-order valence-electron chi connectivity index (χ2n) is 4.53. The summed E-state index contributed by atoms with van der Waals surface area (Å²) < 4.78 is 5.14. The topological polar surface area (TPSA) is 29.5 Å². The van der Waals surface area contributed by atoms with E-state index in [0.717, 1.165) is 38.9 Å². The maximum atomic E-state index is 9.57. The lowest BCUT2D eigenvalue weighted by atomic mass is 9.82. The van der Waals surface area contributed by atoms with Crippen LogP contribution in [-0.4, -0.2) is 23.9 Å². The van der Waals surface area contributed by atoms with Gasteiger partial charge >= 0.3 is 0 Å². The lowest BCUT2D eigenvalue weighted by Crippen LogP contribution is -2.40.